The van der Waals surface area contributed by atoms with Crippen LogP contribution in [0.15, 0.2) is 0 Å². The molecule has 14 nitrogen and oxygen atoms in total. The Morgan fingerprint density at radius 2 is 1.69 bits per heavy atom. The summed E-state index contributed by atoms with van der Waals surface area (Å²) in [7, 11) is 0. The van der Waals surface area contributed by atoms with Crippen molar-refractivity contribution in [2.45, 2.75) is 73.4 Å². The van der Waals surface area contributed by atoms with E-state index in [1.165, 1.54) is 0 Å². The smallest absolute Gasteiger partial charge is 0.364 e. The van der Waals surface area contributed by atoms with Gasteiger partial charge in [0, 0.05) is 6.42 Å². The van der Waals surface area contributed by atoms with E-state index < -0.39 is 92.6 Å². The van der Waals surface area contributed by atoms with Crippen molar-refractivity contribution in [3.63, 3.8) is 0 Å². The number of aliphatic hydroxyl groups is 9. The minimum Gasteiger partial charge on any atom is -0.477 e. The highest BCUT2D eigenvalue weighted by Crippen LogP contribution is 2.33. The summed E-state index contributed by atoms with van der Waals surface area (Å²) in [5.41, 5.74) is 0. The first-order chi connectivity index (χ1) is 13.5. The summed E-state index contributed by atoms with van der Waals surface area (Å²) in [5.74, 6) is -4.87. The maximum absolute atomic E-state index is 11.3. The monoisotopic (exact) mass is 430 g/mol. The fourth-order valence-electron chi connectivity index (χ4n) is 3.19. The van der Waals surface area contributed by atoms with Crippen molar-refractivity contribution in [3.8, 4) is 0 Å². The summed E-state index contributed by atoms with van der Waals surface area (Å²) < 4.78 is 15.3. The molecule has 11 atom stereocenters. The number of ether oxygens (including phenoxy) is 3. The van der Waals surface area contributed by atoms with Crippen LogP contribution in [0.5, 0.6) is 0 Å². The molecule has 0 amide bonds. The van der Waals surface area contributed by atoms with Crippen molar-refractivity contribution in [3.05, 3.63) is 0 Å². The van der Waals surface area contributed by atoms with E-state index in [1.807, 2.05) is 0 Å². The predicted octanol–water partition coefficient (Wildman–Crippen LogP) is -6.19. The van der Waals surface area contributed by atoms with E-state index in [9.17, 15) is 50.8 Å². The zero-order chi connectivity index (χ0) is 22.1. The number of rotatable bonds is 7. The number of hydrogen-bond acceptors (Lipinski definition) is 13. The van der Waals surface area contributed by atoms with Crippen molar-refractivity contribution in [1.29, 1.82) is 0 Å². The van der Waals surface area contributed by atoms with Gasteiger partial charge in [-0.2, -0.15) is 0 Å². The summed E-state index contributed by atoms with van der Waals surface area (Å²) in [6.07, 6.45) is -19.1. The second-order valence-corrected chi connectivity index (χ2v) is 6.98. The Morgan fingerprint density at radius 3 is 2.21 bits per heavy atom. The Labute approximate surface area is 163 Å². The summed E-state index contributed by atoms with van der Waals surface area (Å²) in [6.45, 7) is -1.81. The number of carboxylic acids is 1. The summed E-state index contributed by atoms with van der Waals surface area (Å²) >= 11 is 0. The van der Waals surface area contributed by atoms with Crippen molar-refractivity contribution in [1.82, 2.24) is 0 Å². The Kier molecular flexibility index (Phi) is 7.88. The zero-order valence-electron chi connectivity index (χ0n) is 15.0. The highest BCUT2D eigenvalue weighted by atomic mass is 16.7. The van der Waals surface area contributed by atoms with E-state index in [2.05, 4.69) is 0 Å². The normalized spacial score (nSPS) is 45.6. The molecule has 0 spiro atoms. The lowest BCUT2D eigenvalue weighted by Crippen LogP contribution is -2.66. The zero-order valence-corrected chi connectivity index (χ0v) is 15.0. The average Bonchev–Trinajstić information content (AvgIpc) is 2.68. The van der Waals surface area contributed by atoms with Crippen LogP contribution in [0, 0.1) is 0 Å². The van der Waals surface area contributed by atoms with E-state index in [0.717, 1.165) is 0 Å². The molecule has 2 fully saturated rings. The molecule has 29 heavy (non-hydrogen) atoms. The third-order valence-electron chi connectivity index (χ3n) is 4.91. The number of hydrogen-bond donors (Lipinski definition) is 10. The van der Waals surface area contributed by atoms with Gasteiger partial charge < -0.3 is 65.3 Å². The van der Waals surface area contributed by atoms with Gasteiger partial charge in [0.1, 0.15) is 48.8 Å². The molecule has 0 unspecified atom stereocenters. The van der Waals surface area contributed by atoms with Crippen molar-refractivity contribution in [2.24, 2.45) is 0 Å². The topological polar surface area (TPSA) is 247 Å². The van der Waals surface area contributed by atoms with Crippen LogP contribution in [0.2, 0.25) is 0 Å². The molecule has 0 aliphatic carbocycles. The van der Waals surface area contributed by atoms with E-state index >= 15 is 0 Å². The number of carbonyl (C=O) groups is 1. The van der Waals surface area contributed by atoms with Gasteiger partial charge >= 0.3 is 5.97 Å². The largest absolute Gasteiger partial charge is 0.477 e. The van der Waals surface area contributed by atoms with Gasteiger partial charge in [-0.15, -0.1) is 0 Å². The molecule has 2 saturated heterocycles. The fourth-order valence-corrected chi connectivity index (χ4v) is 3.19. The van der Waals surface area contributed by atoms with Gasteiger partial charge in [-0.1, -0.05) is 0 Å². The summed E-state index contributed by atoms with van der Waals surface area (Å²) in [4.78, 5) is 11.3. The highest BCUT2D eigenvalue weighted by Gasteiger charge is 2.55. The molecule has 0 aromatic heterocycles. The Balaban J connectivity index is 2.30. The molecule has 2 heterocycles. The lowest BCUT2D eigenvalue weighted by molar-refractivity contribution is -0.355. The van der Waals surface area contributed by atoms with Crippen molar-refractivity contribution in [2.75, 3.05) is 13.2 Å². The van der Waals surface area contributed by atoms with E-state index in [0.29, 0.717) is 0 Å². The van der Waals surface area contributed by atoms with Crippen LogP contribution in [0.25, 0.3) is 0 Å². The van der Waals surface area contributed by atoms with Gasteiger partial charge in [0.25, 0.3) is 5.79 Å². The Bertz CT molecular complexity index is 559. The first-order valence-corrected chi connectivity index (χ1v) is 8.71. The number of carboxylic acid groups (broad SMARTS) is 1. The quantitative estimate of drug-likeness (QED) is 0.180. The standard InChI is InChI=1S/C15H26O14/c16-2-5(19)11(12-7(20)4(18)1-15(26,29-12)14(24)25)28-13-10(23)9(22)8(21)6(3-17)27-13/h4-13,16-23,26H,1-3H2,(H,24,25)/t4-,5+,6+,7+,8+,9-,10+,11+,12+,13-,15-/m0/s1. The molecule has 170 valence electrons. The molecular weight excluding hydrogens is 404 g/mol. The number of aliphatic hydroxyl groups excluding tert-OH is 8. The minimum atomic E-state index is -2.96. The highest BCUT2D eigenvalue weighted by molar-refractivity contribution is 5.75. The van der Waals surface area contributed by atoms with Crippen molar-refractivity contribution >= 4 is 5.97 Å². The maximum Gasteiger partial charge on any atom is 0.364 e. The van der Waals surface area contributed by atoms with Crippen molar-refractivity contribution < 1.29 is 70.1 Å². The van der Waals surface area contributed by atoms with Gasteiger partial charge in [0.15, 0.2) is 6.29 Å². The molecule has 2 rings (SSSR count). The molecule has 0 aromatic carbocycles. The number of aliphatic carboxylic acids is 1. The average molecular weight is 430 g/mol. The van der Waals surface area contributed by atoms with Crippen LogP contribution in [-0.4, -0.2) is 137 Å². The first kappa shape index (κ1) is 24.3. The van der Waals surface area contributed by atoms with E-state index in [4.69, 9.17) is 19.3 Å². The fraction of sp³-hybridized carbons (Fsp3) is 0.933. The van der Waals surface area contributed by atoms with Gasteiger partial charge in [0.2, 0.25) is 0 Å². The van der Waals surface area contributed by atoms with Crippen LogP contribution < -0.4 is 0 Å². The summed E-state index contributed by atoms with van der Waals surface area (Å²) in [5, 5.41) is 97.4. The van der Waals surface area contributed by atoms with Gasteiger partial charge in [-0.3, -0.25) is 0 Å². The van der Waals surface area contributed by atoms with E-state index in [-0.39, 0.29) is 0 Å². The van der Waals surface area contributed by atoms with Gasteiger partial charge in [-0.25, -0.2) is 4.79 Å². The van der Waals surface area contributed by atoms with Gasteiger partial charge in [0.05, 0.1) is 19.3 Å². The second-order valence-electron chi connectivity index (χ2n) is 6.98. The second kappa shape index (κ2) is 9.42. The molecule has 0 aromatic rings. The predicted molar refractivity (Wildman–Crippen MR) is 85.8 cm³/mol. The molecule has 0 saturated carbocycles. The lowest BCUT2D eigenvalue weighted by atomic mass is 9.90. The Morgan fingerprint density at radius 1 is 1.07 bits per heavy atom. The lowest BCUT2D eigenvalue weighted by Gasteiger charge is -2.46. The third-order valence-corrected chi connectivity index (χ3v) is 4.91. The van der Waals surface area contributed by atoms with E-state index in [1.54, 1.807) is 0 Å². The molecular formula is C15H26O14. The molecule has 14 heteroatoms. The maximum atomic E-state index is 11.3. The van der Waals surface area contributed by atoms with Crippen LogP contribution >= 0.6 is 0 Å². The third kappa shape index (κ3) is 4.84. The van der Waals surface area contributed by atoms with Crippen LogP contribution in [0.3, 0.4) is 0 Å². The molecule has 10 N–H and O–H groups in total. The molecule has 2 aliphatic heterocycles. The molecule has 0 bridgehead atoms. The SMILES string of the molecule is O=C(O)[C@]1(O)C[C@H](O)[C@@H](O)[C@H]([C@H](O[C@@H]2O[C@H](CO)[C@@H](O)[C@H](O)[C@H]2O)[C@H](O)CO)O1. The van der Waals surface area contributed by atoms with Gasteiger partial charge in [-0.05, 0) is 0 Å². The molecule has 0 radical (unpaired) electrons. The van der Waals surface area contributed by atoms with Crippen LogP contribution in [0.4, 0.5) is 0 Å². The minimum absolute atomic E-state index is 0.794. The first-order valence-electron chi connectivity index (χ1n) is 8.71. The summed E-state index contributed by atoms with van der Waals surface area (Å²) in [6, 6.07) is 0. The van der Waals surface area contributed by atoms with Crippen LogP contribution in [0.1, 0.15) is 6.42 Å². The van der Waals surface area contributed by atoms with Crippen LogP contribution in [-0.2, 0) is 19.0 Å². The molecule has 2 aliphatic rings. The Hall–Kier alpha value is -1.01.